The van der Waals surface area contributed by atoms with Crippen LogP contribution in [0.25, 0.3) is 6.08 Å². The van der Waals surface area contributed by atoms with Crippen LogP contribution in [0.3, 0.4) is 0 Å². The quantitative estimate of drug-likeness (QED) is 0.119. The van der Waals surface area contributed by atoms with E-state index >= 15 is 0 Å². The second kappa shape index (κ2) is 15.7. The highest BCUT2D eigenvalue weighted by atomic mass is 32.2. The number of fused-ring (bicyclic) bond motifs is 1. The predicted molar refractivity (Wildman–Crippen MR) is 183 cm³/mol. The lowest BCUT2D eigenvalue weighted by atomic mass is 10.1. The number of ether oxygens (including phenoxy) is 4. The van der Waals surface area contributed by atoms with Crippen molar-refractivity contribution >= 4 is 46.9 Å². The first-order chi connectivity index (χ1) is 22.9. The van der Waals surface area contributed by atoms with Crippen molar-refractivity contribution < 1.29 is 33.3 Å². The number of carbonyl (C=O) groups excluding carboxylic acids is 3. The molecule has 0 saturated heterocycles. The van der Waals surface area contributed by atoms with Crippen LogP contribution in [0.1, 0.15) is 29.3 Å². The molecule has 0 aliphatic carbocycles. The van der Waals surface area contributed by atoms with E-state index in [1.807, 2.05) is 13.0 Å². The van der Waals surface area contributed by atoms with Gasteiger partial charge in [0.15, 0.2) is 11.5 Å². The topological polar surface area (TPSA) is 124 Å². The molecule has 11 heteroatoms. The molecule has 4 aromatic carbocycles. The van der Waals surface area contributed by atoms with Gasteiger partial charge >= 0.3 is 0 Å². The third-order valence-corrected chi connectivity index (χ3v) is 8.47. The molecule has 0 aromatic heterocycles. The summed E-state index contributed by atoms with van der Waals surface area (Å²) in [6.45, 7) is 2.88. The Hall–Kier alpha value is -5.42. The first-order valence-electron chi connectivity index (χ1n) is 15.0. The summed E-state index contributed by atoms with van der Waals surface area (Å²) < 4.78 is 22.0. The van der Waals surface area contributed by atoms with E-state index in [0.717, 1.165) is 4.90 Å². The Morgan fingerprint density at radius 1 is 0.830 bits per heavy atom. The number of hydrogen-bond donors (Lipinski definition) is 3. The lowest BCUT2D eigenvalue weighted by molar-refractivity contribution is -0.116. The van der Waals surface area contributed by atoms with Crippen LogP contribution < -0.4 is 34.9 Å². The number of thioether (sulfide) groups is 1. The maximum Gasteiger partial charge on any atom is 0.272 e. The van der Waals surface area contributed by atoms with Crippen molar-refractivity contribution in [2.75, 3.05) is 38.1 Å². The van der Waals surface area contributed by atoms with Crippen LogP contribution in [0.5, 0.6) is 23.0 Å². The second-order valence-electron chi connectivity index (χ2n) is 10.3. The van der Waals surface area contributed by atoms with Crippen molar-refractivity contribution in [3.8, 4) is 23.0 Å². The van der Waals surface area contributed by atoms with Crippen LogP contribution in [-0.4, -0.2) is 50.4 Å². The van der Waals surface area contributed by atoms with Crippen LogP contribution >= 0.6 is 11.8 Å². The molecule has 1 heterocycles. The molecule has 5 rings (SSSR count). The zero-order valence-electron chi connectivity index (χ0n) is 26.2. The molecule has 0 bridgehead atoms. The zero-order valence-corrected chi connectivity index (χ0v) is 27.0. The molecule has 4 aromatic rings. The largest absolute Gasteiger partial charge is 0.497 e. The Morgan fingerprint density at radius 2 is 1.60 bits per heavy atom. The number of benzene rings is 4. The number of nitrogens with one attached hydrogen (secondary N) is 3. The molecular weight excluding hydrogens is 618 g/mol. The van der Waals surface area contributed by atoms with Crippen molar-refractivity contribution in [2.24, 2.45) is 0 Å². The molecule has 47 heavy (non-hydrogen) atoms. The normalized spacial score (nSPS) is 12.8. The van der Waals surface area contributed by atoms with Crippen molar-refractivity contribution in [1.82, 2.24) is 5.32 Å². The summed E-state index contributed by atoms with van der Waals surface area (Å²) in [5.74, 6) is 1.12. The maximum absolute atomic E-state index is 13.7. The third-order valence-electron chi connectivity index (χ3n) is 7.11. The lowest BCUT2D eigenvalue weighted by Gasteiger charge is -2.20. The van der Waals surface area contributed by atoms with Crippen molar-refractivity contribution in [3.05, 3.63) is 108 Å². The van der Waals surface area contributed by atoms with Crippen molar-refractivity contribution in [1.29, 1.82) is 0 Å². The van der Waals surface area contributed by atoms with Crippen LogP contribution in [-0.2, 0) is 9.59 Å². The van der Waals surface area contributed by atoms with Gasteiger partial charge in [-0.05, 0) is 73.2 Å². The molecular formula is C36H35N3O7S. The van der Waals surface area contributed by atoms with Crippen molar-refractivity contribution in [2.45, 2.75) is 23.5 Å². The Labute approximate surface area is 277 Å². The Bertz CT molecular complexity index is 1780. The Morgan fingerprint density at radius 3 is 2.34 bits per heavy atom. The van der Waals surface area contributed by atoms with E-state index in [2.05, 4.69) is 16.0 Å². The molecule has 0 saturated carbocycles. The summed E-state index contributed by atoms with van der Waals surface area (Å²) in [5, 5.41) is 8.18. The average molecular weight is 654 g/mol. The fourth-order valence-corrected chi connectivity index (χ4v) is 5.74. The summed E-state index contributed by atoms with van der Waals surface area (Å²) in [5.41, 5.74) is 2.02. The minimum atomic E-state index is -0.551. The molecule has 1 aliphatic rings. The SMILES string of the molecule is CCC(Sc1cccc(NC(=O)/C(=C\c2cc(OC)ccc2OC)NC(=O)c2ccccc2)c1)C(=O)Nc1ccc2c(c1)OCCO2. The molecule has 0 spiro atoms. The molecule has 242 valence electrons. The number of amides is 3. The molecule has 3 amide bonds. The summed E-state index contributed by atoms with van der Waals surface area (Å²) in [6.07, 6.45) is 2.10. The molecule has 1 atom stereocenters. The molecule has 1 unspecified atom stereocenters. The van der Waals surface area contributed by atoms with E-state index < -0.39 is 17.1 Å². The smallest absolute Gasteiger partial charge is 0.272 e. The second-order valence-corrected chi connectivity index (χ2v) is 11.6. The minimum Gasteiger partial charge on any atom is -0.497 e. The fraction of sp³-hybridized carbons (Fsp3) is 0.194. The fourth-order valence-electron chi connectivity index (χ4n) is 4.73. The highest BCUT2D eigenvalue weighted by Gasteiger charge is 2.21. The van der Waals surface area contributed by atoms with Gasteiger partial charge in [-0.25, -0.2) is 0 Å². The van der Waals surface area contributed by atoms with Gasteiger partial charge in [0.05, 0.1) is 19.5 Å². The van der Waals surface area contributed by atoms with E-state index in [4.69, 9.17) is 18.9 Å². The molecule has 3 N–H and O–H groups in total. The number of rotatable bonds is 12. The average Bonchev–Trinajstić information content (AvgIpc) is 3.10. The highest BCUT2D eigenvalue weighted by molar-refractivity contribution is 8.00. The summed E-state index contributed by atoms with van der Waals surface area (Å²) in [7, 11) is 3.06. The van der Waals surface area contributed by atoms with E-state index in [1.165, 1.54) is 32.1 Å². The van der Waals surface area contributed by atoms with Gasteiger partial charge < -0.3 is 34.9 Å². The van der Waals surface area contributed by atoms with Crippen LogP contribution in [0.4, 0.5) is 11.4 Å². The monoisotopic (exact) mass is 653 g/mol. The van der Waals surface area contributed by atoms with Gasteiger partial charge in [-0.3, -0.25) is 14.4 Å². The number of carbonyl (C=O) groups is 3. The van der Waals surface area contributed by atoms with E-state index in [1.54, 1.807) is 84.9 Å². The zero-order chi connectivity index (χ0) is 33.2. The lowest BCUT2D eigenvalue weighted by Crippen LogP contribution is -2.30. The first-order valence-corrected chi connectivity index (χ1v) is 15.8. The Kier molecular flexibility index (Phi) is 11.0. The third kappa shape index (κ3) is 8.65. The molecule has 0 fully saturated rings. The molecule has 0 radical (unpaired) electrons. The van der Waals surface area contributed by atoms with Gasteiger partial charge in [-0.2, -0.15) is 0 Å². The molecule has 1 aliphatic heterocycles. The maximum atomic E-state index is 13.7. The van der Waals surface area contributed by atoms with Crippen molar-refractivity contribution in [3.63, 3.8) is 0 Å². The van der Waals surface area contributed by atoms with Crippen LogP contribution in [0, 0.1) is 0 Å². The first kappa shape index (κ1) is 33.0. The van der Waals surface area contributed by atoms with Gasteiger partial charge in [0, 0.05) is 33.5 Å². The van der Waals surface area contributed by atoms with E-state index in [-0.39, 0.29) is 11.6 Å². The summed E-state index contributed by atoms with van der Waals surface area (Å²) in [4.78, 5) is 40.8. The number of hydrogen-bond acceptors (Lipinski definition) is 8. The summed E-state index contributed by atoms with van der Waals surface area (Å²) in [6, 6.07) is 26.3. The van der Waals surface area contributed by atoms with Gasteiger partial charge in [0.1, 0.15) is 30.4 Å². The van der Waals surface area contributed by atoms with Crippen LogP contribution in [0.15, 0.2) is 102 Å². The van der Waals surface area contributed by atoms with Crippen LogP contribution in [0.2, 0.25) is 0 Å². The van der Waals surface area contributed by atoms with Gasteiger partial charge in [0.25, 0.3) is 11.8 Å². The number of anilines is 2. The van der Waals surface area contributed by atoms with Gasteiger partial charge in [-0.15, -0.1) is 11.8 Å². The summed E-state index contributed by atoms with van der Waals surface area (Å²) >= 11 is 1.38. The minimum absolute atomic E-state index is 0.00583. The van der Waals surface area contributed by atoms with E-state index in [0.29, 0.717) is 65.1 Å². The van der Waals surface area contributed by atoms with E-state index in [9.17, 15) is 14.4 Å². The standard InChI is InChI=1S/C36H35N3O7S/c1-4-33(36(42)38-26-13-15-31-32(22-26)46-18-17-45-31)47-28-12-8-11-25(21-28)37-35(41)29(39-34(40)23-9-6-5-7-10-23)20-24-19-27(43-2)14-16-30(24)44-3/h5-16,19-22,33H,4,17-18H2,1-3H3,(H,37,41)(H,38,42)(H,39,40)/b29-20+. The number of methoxy groups -OCH3 is 2. The molecule has 10 nitrogen and oxygen atoms in total. The van der Waals surface area contributed by atoms with Gasteiger partial charge in [-0.1, -0.05) is 31.2 Å². The highest BCUT2D eigenvalue weighted by Crippen LogP contribution is 2.34. The van der Waals surface area contributed by atoms with Gasteiger partial charge in [0.2, 0.25) is 5.91 Å². The Balaban J connectivity index is 1.33. The predicted octanol–water partition coefficient (Wildman–Crippen LogP) is 6.39.